The molecule has 3 heteroatoms. The van der Waals surface area contributed by atoms with Gasteiger partial charge in [-0.25, -0.2) is 0 Å². The van der Waals surface area contributed by atoms with Crippen molar-refractivity contribution in [3.63, 3.8) is 0 Å². The zero-order chi connectivity index (χ0) is 9.38. The minimum absolute atomic E-state index is 0. The molecule has 2 aromatic rings. The summed E-state index contributed by atoms with van der Waals surface area (Å²) in [5.74, 6) is 1.91. The third kappa shape index (κ3) is 2.35. The smallest absolute Gasteiger partial charge is 0.114 e. The molecule has 0 N–H and O–H groups in total. The molecule has 0 amide bonds. The fraction of sp³-hybridized carbons (Fsp3) is 0.0769. The van der Waals surface area contributed by atoms with Gasteiger partial charge in [-0.05, 0) is 18.1 Å². The van der Waals surface area contributed by atoms with Crippen molar-refractivity contribution >= 4 is 17.4 Å². The monoisotopic (exact) mass is 260 g/mol. The molecule has 16 heavy (non-hydrogen) atoms. The van der Waals surface area contributed by atoms with E-state index in [2.05, 4.69) is 12.1 Å². The zero-order valence-electron chi connectivity index (χ0n) is 8.64. The van der Waals surface area contributed by atoms with Gasteiger partial charge in [0, 0.05) is 40.5 Å². The van der Waals surface area contributed by atoms with E-state index >= 15 is 0 Å². The van der Waals surface area contributed by atoms with E-state index in [4.69, 9.17) is 4.74 Å². The molecule has 0 atom stereocenters. The van der Waals surface area contributed by atoms with Gasteiger partial charge in [0.1, 0.15) is 5.75 Å². The summed E-state index contributed by atoms with van der Waals surface area (Å²) in [7, 11) is 0. The largest absolute Gasteiger partial charge is 0.516 e. The van der Waals surface area contributed by atoms with Crippen LogP contribution in [-0.2, 0) is 23.8 Å². The van der Waals surface area contributed by atoms with Crippen LogP contribution in [0.5, 0.6) is 11.5 Å². The molecule has 0 unspecified atom stereocenters. The Hall–Kier alpha value is -0.695. The van der Waals surface area contributed by atoms with E-state index in [0.29, 0.717) is 0 Å². The van der Waals surface area contributed by atoms with Gasteiger partial charge < -0.3 is 4.74 Å². The van der Waals surface area contributed by atoms with Crippen LogP contribution in [0.2, 0.25) is 0 Å². The summed E-state index contributed by atoms with van der Waals surface area (Å²) in [5, 5.41) is 0. The molecule has 1 aliphatic heterocycles. The van der Waals surface area contributed by atoms with Crippen molar-refractivity contribution in [2.24, 2.45) is 0 Å². The number of benzene rings is 2. The molecule has 1 aliphatic rings. The van der Waals surface area contributed by atoms with E-state index in [1.165, 1.54) is 5.56 Å². The van der Waals surface area contributed by atoms with Crippen LogP contribution in [0, 0.1) is 6.07 Å². The van der Waals surface area contributed by atoms with Crippen LogP contribution < -0.4 is 4.74 Å². The van der Waals surface area contributed by atoms with Crippen molar-refractivity contribution in [1.82, 2.24) is 0 Å². The Morgan fingerprint density at radius 3 is 2.62 bits per heavy atom. The first-order valence-electron chi connectivity index (χ1n) is 4.69. The second-order valence-electron chi connectivity index (χ2n) is 3.40. The van der Waals surface area contributed by atoms with Crippen molar-refractivity contribution in [2.75, 3.05) is 0 Å². The van der Waals surface area contributed by atoms with E-state index in [1.807, 2.05) is 36.4 Å². The van der Waals surface area contributed by atoms with Crippen LogP contribution >= 0.6 is 0 Å². The molecule has 0 aromatic heterocycles. The average molecular weight is 260 g/mol. The molecule has 0 bridgehead atoms. The van der Waals surface area contributed by atoms with Gasteiger partial charge in [0.2, 0.25) is 0 Å². The summed E-state index contributed by atoms with van der Waals surface area (Å²) in [6.07, 6.45) is 0.923. The molecule has 3 radical (unpaired) electrons. The van der Waals surface area contributed by atoms with Crippen molar-refractivity contribution in [3.05, 3.63) is 59.7 Å². The second-order valence-corrected chi connectivity index (χ2v) is 3.40. The first kappa shape index (κ1) is 13.4. The van der Waals surface area contributed by atoms with Gasteiger partial charge in [-0.15, -0.1) is 11.6 Å². The zero-order valence-corrected chi connectivity index (χ0v) is 11.1. The Morgan fingerprint density at radius 1 is 1.00 bits per heavy atom. The average Bonchev–Trinajstić information content (AvgIpc) is 2.26. The Bertz CT molecular complexity index is 397. The number of para-hydroxylation sites is 1. The summed E-state index contributed by atoms with van der Waals surface area (Å²) < 4.78 is 5.75. The first-order valence-corrected chi connectivity index (χ1v) is 4.69. The molecule has 0 spiro atoms. The fourth-order valence-electron chi connectivity index (χ4n) is 1.75. The second kappa shape index (κ2) is 5.58. The van der Waals surface area contributed by atoms with Crippen LogP contribution in [0.15, 0.2) is 42.5 Å². The Balaban J connectivity index is 0.000000640. The Morgan fingerprint density at radius 2 is 1.75 bits per heavy atom. The van der Waals surface area contributed by atoms with Gasteiger partial charge in [-0.1, -0.05) is 18.2 Å². The maximum absolute atomic E-state index is 5.75. The molecule has 0 aliphatic carbocycles. The summed E-state index contributed by atoms with van der Waals surface area (Å²) in [6.45, 7) is 0. The summed E-state index contributed by atoms with van der Waals surface area (Å²) in [6, 6.07) is 17.2. The molecule has 0 fully saturated rings. The van der Waals surface area contributed by atoms with Crippen LogP contribution in [0.3, 0.4) is 0 Å². The minimum atomic E-state index is 0. The third-order valence-corrected chi connectivity index (χ3v) is 2.46. The molecular weight excluding hydrogens is 251 g/mol. The van der Waals surface area contributed by atoms with Crippen molar-refractivity contribution in [2.45, 2.75) is 6.42 Å². The van der Waals surface area contributed by atoms with Gasteiger partial charge in [0.25, 0.3) is 0 Å². The van der Waals surface area contributed by atoms with Crippen molar-refractivity contribution < 1.29 is 22.1 Å². The molecule has 0 saturated carbocycles. The Labute approximate surface area is 117 Å². The van der Waals surface area contributed by atoms with E-state index < -0.39 is 0 Å². The van der Waals surface area contributed by atoms with Crippen LogP contribution in [0.4, 0.5) is 0 Å². The van der Waals surface area contributed by atoms with Crippen LogP contribution in [0.1, 0.15) is 11.1 Å². The van der Waals surface area contributed by atoms with E-state index in [1.54, 1.807) is 0 Å². The van der Waals surface area contributed by atoms with Gasteiger partial charge in [0.05, 0.1) is 0 Å². The molecule has 77 valence electrons. The standard InChI is InChI=1S/C13H9O.Al.Cr/c1-3-7-12-10(5-1)9-11-6-2-4-8-13(11)14-12;;/h1-5,7-8H,9H2;;/q-1;;. The molecule has 1 heterocycles. The molecule has 1 nitrogen and oxygen atoms in total. The predicted octanol–water partition coefficient (Wildman–Crippen LogP) is 2.80. The summed E-state index contributed by atoms with van der Waals surface area (Å²) in [5.41, 5.74) is 2.38. The van der Waals surface area contributed by atoms with Gasteiger partial charge in [-0.3, -0.25) is 0 Å². The predicted molar refractivity (Wildman–Crippen MR) is 60.4 cm³/mol. The minimum Gasteiger partial charge on any atom is -0.516 e. The maximum Gasteiger partial charge on any atom is 0.114 e. The molecule has 0 saturated heterocycles. The van der Waals surface area contributed by atoms with Gasteiger partial charge in [0.15, 0.2) is 0 Å². The van der Waals surface area contributed by atoms with Crippen molar-refractivity contribution in [3.8, 4) is 11.5 Å². The van der Waals surface area contributed by atoms with Crippen LogP contribution in [0.25, 0.3) is 0 Å². The Kier molecular flexibility index (Phi) is 4.66. The third-order valence-electron chi connectivity index (χ3n) is 2.46. The summed E-state index contributed by atoms with van der Waals surface area (Å²) in [4.78, 5) is 0. The number of ether oxygens (including phenoxy) is 1. The quantitative estimate of drug-likeness (QED) is 0.446. The van der Waals surface area contributed by atoms with E-state index in [-0.39, 0.29) is 34.7 Å². The number of hydrogen-bond donors (Lipinski definition) is 0. The first-order chi connectivity index (χ1) is 6.93. The van der Waals surface area contributed by atoms with E-state index in [0.717, 1.165) is 23.5 Å². The van der Waals surface area contributed by atoms with Gasteiger partial charge in [-0.2, -0.15) is 18.2 Å². The molecular formula is C13H9AlCrO-. The van der Waals surface area contributed by atoms with Crippen LogP contribution in [-0.4, -0.2) is 17.4 Å². The molecule has 2 aromatic carbocycles. The SMILES string of the molecule is [Al].[Cr].[c-]1cccc2c1Cc1ccccc1O2. The van der Waals surface area contributed by atoms with E-state index in [9.17, 15) is 0 Å². The topological polar surface area (TPSA) is 9.23 Å². The van der Waals surface area contributed by atoms with Crippen molar-refractivity contribution in [1.29, 1.82) is 0 Å². The fourth-order valence-corrected chi connectivity index (χ4v) is 1.75. The molecule has 3 rings (SSSR count). The maximum atomic E-state index is 5.75. The summed E-state index contributed by atoms with van der Waals surface area (Å²) >= 11 is 0. The van der Waals surface area contributed by atoms with Gasteiger partial charge >= 0.3 is 0 Å². The number of hydrogen-bond acceptors (Lipinski definition) is 1. The number of rotatable bonds is 0. The normalized spacial score (nSPS) is 11.0. The number of fused-ring (bicyclic) bond motifs is 2.